The quantitative estimate of drug-likeness (QED) is 0.867. The number of benzene rings is 1. The van der Waals surface area contributed by atoms with Gasteiger partial charge in [0, 0.05) is 12.2 Å². The number of aromatic amines is 1. The maximum absolute atomic E-state index is 5.73. The third-order valence-electron chi connectivity index (χ3n) is 4.18. The average molecular weight is 317 g/mol. The monoisotopic (exact) mass is 317 g/mol. The summed E-state index contributed by atoms with van der Waals surface area (Å²) in [5.74, 6) is 0.890. The molecule has 1 fully saturated rings. The fourth-order valence-corrected chi connectivity index (χ4v) is 3.03. The largest absolute Gasteiger partial charge is 0.376 e. The molecule has 0 aliphatic carbocycles. The third-order valence-corrected chi connectivity index (χ3v) is 4.49. The van der Waals surface area contributed by atoms with Gasteiger partial charge in [-0.1, -0.05) is 45.0 Å². The molecule has 2 aromatic rings. The van der Waals surface area contributed by atoms with Crippen LogP contribution >= 0.6 is 12.2 Å². The molecule has 1 aromatic carbocycles. The van der Waals surface area contributed by atoms with Gasteiger partial charge in [-0.05, 0) is 36.0 Å². The van der Waals surface area contributed by atoms with Gasteiger partial charge < -0.3 is 4.74 Å². The molecule has 1 N–H and O–H groups in total. The number of ether oxygens (including phenoxy) is 1. The second-order valence-corrected chi connectivity index (χ2v) is 7.31. The van der Waals surface area contributed by atoms with Gasteiger partial charge in [-0.3, -0.25) is 9.67 Å². The molecule has 22 heavy (non-hydrogen) atoms. The molecule has 1 atom stereocenters. The number of hydrogen-bond acceptors (Lipinski definition) is 3. The van der Waals surface area contributed by atoms with Crippen molar-refractivity contribution >= 4 is 12.2 Å². The second kappa shape index (κ2) is 5.97. The van der Waals surface area contributed by atoms with Crippen LogP contribution in [0.3, 0.4) is 0 Å². The molecule has 0 radical (unpaired) electrons. The minimum Gasteiger partial charge on any atom is -0.376 e. The zero-order chi connectivity index (χ0) is 15.7. The molecule has 118 valence electrons. The normalized spacial score (nSPS) is 18.8. The number of aromatic nitrogens is 3. The summed E-state index contributed by atoms with van der Waals surface area (Å²) in [5.41, 5.74) is 2.55. The van der Waals surface area contributed by atoms with Crippen LogP contribution < -0.4 is 0 Å². The van der Waals surface area contributed by atoms with Gasteiger partial charge in [-0.15, -0.1) is 0 Å². The van der Waals surface area contributed by atoms with Crippen molar-refractivity contribution in [1.82, 2.24) is 14.8 Å². The van der Waals surface area contributed by atoms with Gasteiger partial charge in [0.1, 0.15) is 0 Å². The zero-order valence-corrected chi connectivity index (χ0v) is 14.2. The molecular formula is C17H23N3OS. The van der Waals surface area contributed by atoms with E-state index in [1.165, 1.54) is 5.56 Å². The first-order chi connectivity index (χ1) is 10.4. The van der Waals surface area contributed by atoms with Gasteiger partial charge in [0.05, 0.1) is 12.6 Å². The number of H-pyrrole nitrogens is 1. The average Bonchev–Trinajstić information content (AvgIpc) is 3.10. The number of nitrogens with one attached hydrogen (secondary N) is 1. The van der Waals surface area contributed by atoms with E-state index >= 15 is 0 Å². The lowest BCUT2D eigenvalue weighted by atomic mass is 9.87. The molecule has 0 bridgehead atoms. The summed E-state index contributed by atoms with van der Waals surface area (Å²) in [4.78, 5) is 0. The molecule has 3 rings (SSSR count). The van der Waals surface area contributed by atoms with E-state index in [0.29, 0.717) is 4.77 Å². The van der Waals surface area contributed by atoms with Gasteiger partial charge in [0.15, 0.2) is 10.6 Å². The Morgan fingerprint density at radius 2 is 2.05 bits per heavy atom. The highest BCUT2D eigenvalue weighted by atomic mass is 32.1. The molecule has 0 spiro atoms. The van der Waals surface area contributed by atoms with Gasteiger partial charge in [0.2, 0.25) is 0 Å². The highest BCUT2D eigenvalue weighted by molar-refractivity contribution is 7.71. The van der Waals surface area contributed by atoms with Crippen molar-refractivity contribution < 1.29 is 4.74 Å². The van der Waals surface area contributed by atoms with Crippen LogP contribution in [0, 0.1) is 4.77 Å². The van der Waals surface area contributed by atoms with Crippen molar-refractivity contribution in [2.75, 3.05) is 6.61 Å². The summed E-state index contributed by atoms with van der Waals surface area (Å²) in [6.45, 7) is 8.28. The summed E-state index contributed by atoms with van der Waals surface area (Å²) >= 11 is 5.38. The van der Waals surface area contributed by atoms with Crippen molar-refractivity contribution in [3.8, 4) is 11.4 Å². The highest BCUT2D eigenvalue weighted by Crippen LogP contribution is 2.26. The summed E-state index contributed by atoms with van der Waals surface area (Å²) in [6, 6.07) is 8.59. The minimum atomic E-state index is 0.154. The Hall–Kier alpha value is -1.46. The zero-order valence-electron chi connectivity index (χ0n) is 13.4. The Labute approximate surface area is 136 Å². The first-order valence-electron chi connectivity index (χ1n) is 7.83. The fraction of sp³-hybridized carbons (Fsp3) is 0.529. The smallest absolute Gasteiger partial charge is 0.195 e. The van der Waals surface area contributed by atoms with E-state index in [4.69, 9.17) is 17.0 Å². The maximum atomic E-state index is 5.73. The van der Waals surface area contributed by atoms with Gasteiger partial charge in [0.25, 0.3) is 0 Å². The lowest BCUT2D eigenvalue weighted by Gasteiger charge is -2.19. The van der Waals surface area contributed by atoms with Crippen molar-refractivity contribution in [3.05, 3.63) is 34.6 Å². The molecule has 0 saturated carbocycles. The van der Waals surface area contributed by atoms with E-state index in [1.54, 1.807) is 0 Å². The predicted molar refractivity (Wildman–Crippen MR) is 90.5 cm³/mol. The van der Waals surface area contributed by atoms with Gasteiger partial charge >= 0.3 is 0 Å². The number of rotatable bonds is 3. The van der Waals surface area contributed by atoms with E-state index in [-0.39, 0.29) is 11.5 Å². The molecule has 5 heteroatoms. The number of hydrogen-bond donors (Lipinski definition) is 1. The van der Waals surface area contributed by atoms with E-state index in [1.807, 2.05) is 0 Å². The van der Waals surface area contributed by atoms with E-state index in [2.05, 4.69) is 59.8 Å². The molecule has 1 aromatic heterocycles. The molecule has 0 unspecified atom stereocenters. The van der Waals surface area contributed by atoms with Crippen LogP contribution in [0.4, 0.5) is 0 Å². The Bertz CT molecular complexity index is 688. The molecule has 1 aliphatic rings. The fourth-order valence-electron chi connectivity index (χ4n) is 2.82. The first-order valence-corrected chi connectivity index (χ1v) is 8.24. The minimum absolute atomic E-state index is 0.154. The molecule has 0 amide bonds. The van der Waals surface area contributed by atoms with Crippen LogP contribution in [-0.2, 0) is 16.7 Å². The van der Waals surface area contributed by atoms with Crippen LogP contribution in [0.2, 0.25) is 0 Å². The lowest BCUT2D eigenvalue weighted by molar-refractivity contribution is 0.0970. The molecule has 1 saturated heterocycles. The second-order valence-electron chi connectivity index (χ2n) is 6.93. The van der Waals surface area contributed by atoms with Crippen LogP contribution in [0.25, 0.3) is 11.4 Å². The number of nitrogens with zero attached hydrogens (tertiary/aromatic N) is 2. The van der Waals surface area contributed by atoms with Crippen LogP contribution in [-0.4, -0.2) is 27.5 Å². The Morgan fingerprint density at radius 3 is 2.64 bits per heavy atom. The van der Waals surface area contributed by atoms with Gasteiger partial charge in [-0.25, -0.2) is 0 Å². The van der Waals surface area contributed by atoms with E-state index < -0.39 is 0 Å². The molecular weight excluding hydrogens is 294 g/mol. The first kappa shape index (κ1) is 15.4. The van der Waals surface area contributed by atoms with Crippen LogP contribution in [0.5, 0.6) is 0 Å². The molecule has 4 nitrogen and oxygen atoms in total. The lowest BCUT2D eigenvalue weighted by Crippen LogP contribution is -2.16. The third kappa shape index (κ3) is 3.15. The van der Waals surface area contributed by atoms with Gasteiger partial charge in [-0.2, -0.15) is 5.10 Å². The van der Waals surface area contributed by atoms with Crippen LogP contribution in [0.1, 0.15) is 39.2 Å². The summed E-state index contributed by atoms with van der Waals surface area (Å²) in [6.07, 6.45) is 2.47. The van der Waals surface area contributed by atoms with Crippen molar-refractivity contribution in [2.45, 2.75) is 51.7 Å². The van der Waals surface area contributed by atoms with Crippen molar-refractivity contribution in [2.24, 2.45) is 0 Å². The SMILES string of the molecule is CC(C)(C)c1ccc(-c2n[nH]c(=S)n2C[C@@H]2CCCO2)cc1. The topological polar surface area (TPSA) is 42.8 Å². The summed E-state index contributed by atoms with van der Waals surface area (Å²) in [7, 11) is 0. The van der Waals surface area contributed by atoms with Crippen molar-refractivity contribution in [1.29, 1.82) is 0 Å². The van der Waals surface area contributed by atoms with E-state index in [0.717, 1.165) is 37.4 Å². The van der Waals surface area contributed by atoms with Crippen LogP contribution in [0.15, 0.2) is 24.3 Å². The predicted octanol–water partition coefficient (Wildman–Crippen LogP) is 4.08. The Kier molecular flexibility index (Phi) is 4.19. The van der Waals surface area contributed by atoms with Crippen molar-refractivity contribution in [3.63, 3.8) is 0 Å². The molecule has 1 aliphatic heterocycles. The Balaban J connectivity index is 1.90. The Morgan fingerprint density at radius 1 is 1.32 bits per heavy atom. The maximum Gasteiger partial charge on any atom is 0.195 e. The molecule has 2 heterocycles. The standard InChI is InChI=1S/C17H23N3OS/c1-17(2,3)13-8-6-12(7-9-13)15-18-19-16(22)20(15)11-14-5-4-10-21-14/h6-9,14H,4-5,10-11H2,1-3H3,(H,19,22)/t14-/m0/s1. The highest BCUT2D eigenvalue weighted by Gasteiger charge is 2.19. The van der Waals surface area contributed by atoms with E-state index in [9.17, 15) is 0 Å². The summed E-state index contributed by atoms with van der Waals surface area (Å²) in [5, 5.41) is 7.32. The summed E-state index contributed by atoms with van der Waals surface area (Å²) < 4.78 is 8.44.